The average Bonchev–Trinajstić information content (AvgIpc) is 3.73. The van der Waals surface area contributed by atoms with Crippen LogP contribution in [0, 0.1) is 5.92 Å². The van der Waals surface area contributed by atoms with Crippen molar-refractivity contribution in [3.8, 4) is 11.1 Å². The van der Waals surface area contributed by atoms with Crippen molar-refractivity contribution in [2.45, 2.75) is 56.0 Å². The van der Waals surface area contributed by atoms with Gasteiger partial charge in [-0.1, -0.05) is 48.5 Å². The monoisotopic (exact) mass is 462 g/mol. The molecule has 2 fully saturated rings. The predicted octanol–water partition coefficient (Wildman–Crippen LogP) is 4.16. The standard InChI is InChI=1S/C27H30N2O5/c1-26(17-11-12-17,15-23(30)29(2)27(13-14-27)24(31)32)28-25(33)34-16-22-20-9-5-3-7-18(20)19-8-4-6-10-21(19)22/h3-10,17,22H,11-16H2,1-2H3,(H,28,33)(H,31,32). The van der Waals surface area contributed by atoms with Gasteiger partial charge >= 0.3 is 12.1 Å². The molecule has 2 aromatic rings. The molecule has 2 saturated carbocycles. The maximum atomic E-state index is 13.0. The first-order valence-corrected chi connectivity index (χ1v) is 11.9. The number of rotatable bonds is 8. The topological polar surface area (TPSA) is 95.9 Å². The Morgan fingerprint density at radius 3 is 2.12 bits per heavy atom. The molecule has 0 heterocycles. The van der Waals surface area contributed by atoms with Crippen LogP contribution in [0.5, 0.6) is 0 Å². The molecule has 178 valence electrons. The molecular weight excluding hydrogens is 432 g/mol. The van der Waals surface area contributed by atoms with E-state index in [-0.39, 0.29) is 30.8 Å². The lowest BCUT2D eigenvalue weighted by molar-refractivity contribution is -0.151. The third kappa shape index (κ3) is 3.83. The smallest absolute Gasteiger partial charge is 0.407 e. The molecule has 7 nitrogen and oxygen atoms in total. The number of fused-ring (bicyclic) bond motifs is 3. The Morgan fingerprint density at radius 1 is 1.06 bits per heavy atom. The molecule has 1 unspecified atom stereocenters. The largest absolute Gasteiger partial charge is 0.479 e. The number of nitrogens with zero attached hydrogens (tertiary/aromatic N) is 1. The highest BCUT2D eigenvalue weighted by atomic mass is 16.5. The van der Waals surface area contributed by atoms with E-state index < -0.39 is 23.1 Å². The zero-order chi connectivity index (χ0) is 24.1. The van der Waals surface area contributed by atoms with Crippen LogP contribution in [-0.4, -0.2) is 52.7 Å². The van der Waals surface area contributed by atoms with E-state index in [2.05, 4.69) is 29.6 Å². The van der Waals surface area contributed by atoms with Crippen LogP contribution in [0.2, 0.25) is 0 Å². The minimum atomic E-state index is -1.09. The lowest BCUT2D eigenvalue weighted by Crippen LogP contribution is -2.53. The van der Waals surface area contributed by atoms with Gasteiger partial charge in [0.2, 0.25) is 5.91 Å². The first-order valence-electron chi connectivity index (χ1n) is 11.9. The second-order valence-corrected chi connectivity index (χ2v) is 10.1. The van der Waals surface area contributed by atoms with Gasteiger partial charge in [-0.15, -0.1) is 0 Å². The van der Waals surface area contributed by atoms with Gasteiger partial charge in [0, 0.05) is 13.0 Å². The second-order valence-electron chi connectivity index (χ2n) is 10.1. The zero-order valence-electron chi connectivity index (χ0n) is 19.5. The number of amides is 2. The van der Waals surface area contributed by atoms with Gasteiger partial charge in [0.05, 0.1) is 12.0 Å². The van der Waals surface area contributed by atoms with E-state index in [0.29, 0.717) is 12.8 Å². The first-order chi connectivity index (χ1) is 16.2. The molecule has 0 spiro atoms. The van der Waals surface area contributed by atoms with Gasteiger partial charge in [0.25, 0.3) is 0 Å². The quantitative estimate of drug-likeness (QED) is 0.614. The normalized spacial score (nSPS) is 19.4. The van der Waals surface area contributed by atoms with Crippen LogP contribution in [0.3, 0.4) is 0 Å². The molecule has 0 aromatic heterocycles. The summed E-state index contributed by atoms with van der Waals surface area (Å²) in [4.78, 5) is 38.8. The number of hydrogen-bond donors (Lipinski definition) is 2. The van der Waals surface area contributed by atoms with Gasteiger partial charge in [0.1, 0.15) is 12.1 Å². The van der Waals surface area contributed by atoms with Crippen molar-refractivity contribution in [1.82, 2.24) is 10.2 Å². The van der Waals surface area contributed by atoms with E-state index in [9.17, 15) is 19.5 Å². The lowest BCUT2D eigenvalue weighted by Gasteiger charge is -2.33. The minimum Gasteiger partial charge on any atom is -0.479 e. The van der Waals surface area contributed by atoms with Gasteiger partial charge in [0.15, 0.2) is 0 Å². The third-order valence-electron chi connectivity index (χ3n) is 7.87. The van der Waals surface area contributed by atoms with Gasteiger partial charge in [-0.2, -0.15) is 0 Å². The molecule has 0 aliphatic heterocycles. The second kappa shape index (κ2) is 8.15. The van der Waals surface area contributed by atoms with Crippen molar-refractivity contribution in [2.75, 3.05) is 13.7 Å². The van der Waals surface area contributed by atoms with Crippen molar-refractivity contribution in [1.29, 1.82) is 0 Å². The Hall–Kier alpha value is -3.35. The van der Waals surface area contributed by atoms with Gasteiger partial charge in [-0.25, -0.2) is 9.59 Å². The molecule has 1 atom stereocenters. The first kappa shape index (κ1) is 22.4. The Kier molecular flexibility index (Phi) is 5.38. The van der Waals surface area contributed by atoms with E-state index in [4.69, 9.17) is 4.74 Å². The molecule has 2 aromatic carbocycles. The SMILES string of the molecule is CN(C(=O)CC(C)(NC(=O)OCC1c2ccccc2-c2ccccc21)C1CC1)C1(C(=O)O)CC1. The number of alkyl carbamates (subject to hydrolysis) is 1. The number of hydrogen-bond acceptors (Lipinski definition) is 4. The summed E-state index contributed by atoms with van der Waals surface area (Å²) in [7, 11) is 1.55. The molecule has 2 amide bonds. The van der Waals surface area contributed by atoms with Crippen LogP contribution in [0.15, 0.2) is 48.5 Å². The number of benzene rings is 2. The zero-order valence-corrected chi connectivity index (χ0v) is 19.5. The fourth-order valence-corrected chi connectivity index (χ4v) is 5.36. The summed E-state index contributed by atoms with van der Waals surface area (Å²) in [6, 6.07) is 16.3. The van der Waals surface area contributed by atoms with Crippen molar-refractivity contribution < 1.29 is 24.2 Å². The Balaban J connectivity index is 1.25. The molecular formula is C27H30N2O5. The van der Waals surface area contributed by atoms with Crippen molar-refractivity contribution >= 4 is 18.0 Å². The van der Waals surface area contributed by atoms with E-state index >= 15 is 0 Å². The number of carbonyl (C=O) groups is 3. The van der Waals surface area contributed by atoms with E-state index in [0.717, 1.165) is 35.1 Å². The van der Waals surface area contributed by atoms with Crippen LogP contribution in [0.4, 0.5) is 4.79 Å². The molecule has 5 rings (SSSR count). The highest BCUT2D eigenvalue weighted by Gasteiger charge is 2.56. The third-order valence-corrected chi connectivity index (χ3v) is 7.87. The molecule has 0 radical (unpaired) electrons. The summed E-state index contributed by atoms with van der Waals surface area (Å²) < 4.78 is 5.70. The molecule has 0 bridgehead atoms. The fourth-order valence-electron chi connectivity index (χ4n) is 5.36. The highest BCUT2D eigenvalue weighted by Crippen LogP contribution is 2.46. The fraction of sp³-hybridized carbons (Fsp3) is 0.444. The Bertz CT molecular complexity index is 1110. The average molecular weight is 463 g/mol. The lowest BCUT2D eigenvalue weighted by atomic mass is 9.90. The van der Waals surface area contributed by atoms with E-state index in [1.165, 1.54) is 4.90 Å². The van der Waals surface area contributed by atoms with Gasteiger partial charge in [-0.05, 0) is 60.8 Å². The summed E-state index contributed by atoms with van der Waals surface area (Å²) >= 11 is 0. The van der Waals surface area contributed by atoms with Crippen molar-refractivity contribution in [3.05, 3.63) is 59.7 Å². The van der Waals surface area contributed by atoms with Crippen LogP contribution in [0.1, 0.15) is 56.1 Å². The summed E-state index contributed by atoms with van der Waals surface area (Å²) in [5, 5.41) is 12.5. The van der Waals surface area contributed by atoms with Crippen LogP contribution in [-0.2, 0) is 14.3 Å². The molecule has 34 heavy (non-hydrogen) atoms. The maximum absolute atomic E-state index is 13.0. The number of likely N-dealkylation sites (N-methyl/N-ethyl adjacent to an activating group) is 1. The minimum absolute atomic E-state index is 0.0385. The molecule has 2 N–H and O–H groups in total. The number of nitrogens with one attached hydrogen (secondary N) is 1. The Labute approximate surface area is 199 Å². The van der Waals surface area contributed by atoms with Crippen molar-refractivity contribution in [3.63, 3.8) is 0 Å². The summed E-state index contributed by atoms with van der Waals surface area (Å²) in [6.07, 6.45) is 2.26. The summed E-state index contributed by atoms with van der Waals surface area (Å²) in [5.74, 6) is -1.11. The van der Waals surface area contributed by atoms with E-state index in [1.807, 2.05) is 31.2 Å². The van der Waals surface area contributed by atoms with Crippen LogP contribution >= 0.6 is 0 Å². The van der Waals surface area contributed by atoms with Crippen molar-refractivity contribution in [2.24, 2.45) is 5.92 Å². The highest BCUT2D eigenvalue weighted by molar-refractivity contribution is 5.90. The van der Waals surface area contributed by atoms with E-state index in [1.54, 1.807) is 7.05 Å². The maximum Gasteiger partial charge on any atom is 0.407 e. The molecule has 3 aliphatic carbocycles. The number of carboxylic acids is 1. The summed E-state index contributed by atoms with van der Waals surface area (Å²) in [5.41, 5.74) is 2.74. The Morgan fingerprint density at radius 2 is 1.62 bits per heavy atom. The summed E-state index contributed by atoms with van der Waals surface area (Å²) in [6.45, 7) is 2.06. The van der Waals surface area contributed by atoms with Gasteiger partial charge < -0.3 is 20.1 Å². The predicted molar refractivity (Wildman–Crippen MR) is 126 cm³/mol. The number of aliphatic carboxylic acids is 1. The van der Waals surface area contributed by atoms with Crippen LogP contribution in [0.25, 0.3) is 11.1 Å². The molecule has 3 aliphatic rings. The number of ether oxygens (including phenoxy) is 1. The van der Waals surface area contributed by atoms with Crippen LogP contribution < -0.4 is 5.32 Å². The molecule has 7 heteroatoms. The van der Waals surface area contributed by atoms with Gasteiger partial charge in [-0.3, -0.25) is 4.79 Å². The number of carbonyl (C=O) groups excluding carboxylic acids is 2. The molecule has 0 saturated heterocycles. The number of carboxylic acid groups (broad SMARTS) is 1.